The van der Waals surface area contributed by atoms with Crippen molar-refractivity contribution in [2.45, 2.75) is 6.61 Å². The molecule has 1 N–H and O–H groups in total. The SMILES string of the molecule is COc1cccc(C(=O)Nc2cccc(Cl)c2F)c1OC(F)F. The Morgan fingerprint density at radius 2 is 1.91 bits per heavy atom. The van der Waals surface area contributed by atoms with Crippen LogP contribution < -0.4 is 14.8 Å². The Morgan fingerprint density at radius 1 is 1.22 bits per heavy atom. The summed E-state index contributed by atoms with van der Waals surface area (Å²) in [5, 5.41) is 2.07. The third-order valence-electron chi connectivity index (χ3n) is 2.85. The summed E-state index contributed by atoms with van der Waals surface area (Å²) in [6.45, 7) is -3.15. The molecule has 0 fully saturated rings. The summed E-state index contributed by atoms with van der Waals surface area (Å²) in [6.07, 6.45) is 0. The molecule has 2 aromatic rings. The predicted octanol–water partition coefficient (Wildman–Crippen LogP) is 4.34. The van der Waals surface area contributed by atoms with Crippen molar-refractivity contribution in [1.82, 2.24) is 0 Å². The number of halogens is 4. The number of nitrogens with one attached hydrogen (secondary N) is 1. The van der Waals surface area contributed by atoms with E-state index in [-0.39, 0.29) is 22.0 Å². The number of rotatable bonds is 5. The summed E-state index contributed by atoms with van der Waals surface area (Å²) >= 11 is 5.62. The molecule has 0 spiro atoms. The molecule has 1 amide bonds. The fourth-order valence-corrected chi connectivity index (χ4v) is 2.03. The number of ether oxygens (including phenoxy) is 2. The second-order valence-electron chi connectivity index (χ2n) is 4.27. The third-order valence-corrected chi connectivity index (χ3v) is 3.14. The summed E-state index contributed by atoms with van der Waals surface area (Å²) in [4.78, 5) is 12.2. The van der Waals surface area contributed by atoms with Gasteiger partial charge in [0.1, 0.15) is 0 Å². The molecule has 0 bridgehead atoms. The van der Waals surface area contributed by atoms with Crippen LogP contribution in [0.2, 0.25) is 5.02 Å². The maximum absolute atomic E-state index is 13.8. The van der Waals surface area contributed by atoms with Crippen molar-refractivity contribution in [3.63, 3.8) is 0 Å². The Kier molecular flexibility index (Phi) is 5.33. The zero-order valence-corrected chi connectivity index (χ0v) is 12.5. The highest BCUT2D eigenvalue weighted by atomic mass is 35.5. The van der Waals surface area contributed by atoms with Crippen LogP contribution in [0.15, 0.2) is 36.4 Å². The Bertz CT molecular complexity index is 725. The number of carbonyl (C=O) groups is 1. The Labute approximate surface area is 134 Å². The first-order valence-electron chi connectivity index (χ1n) is 6.31. The van der Waals surface area contributed by atoms with E-state index in [9.17, 15) is 18.0 Å². The van der Waals surface area contributed by atoms with Crippen LogP contribution in [0.25, 0.3) is 0 Å². The minimum atomic E-state index is -3.15. The van der Waals surface area contributed by atoms with Gasteiger partial charge in [-0.15, -0.1) is 0 Å². The summed E-state index contributed by atoms with van der Waals surface area (Å²) in [6, 6.07) is 8.05. The molecule has 23 heavy (non-hydrogen) atoms. The topological polar surface area (TPSA) is 47.6 Å². The van der Waals surface area contributed by atoms with Gasteiger partial charge in [-0.05, 0) is 24.3 Å². The van der Waals surface area contributed by atoms with E-state index >= 15 is 0 Å². The van der Waals surface area contributed by atoms with E-state index in [0.29, 0.717) is 0 Å². The van der Waals surface area contributed by atoms with Gasteiger partial charge in [0, 0.05) is 0 Å². The van der Waals surface area contributed by atoms with Crippen LogP contribution in [0.5, 0.6) is 11.5 Å². The van der Waals surface area contributed by atoms with Crippen LogP contribution in [0.4, 0.5) is 18.9 Å². The summed E-state index contributed by atoms with van der Waals surface area (Å²) in [5.41, 5.74) is -0.419. The first kappa shape index (κ1) is 17.0. The van der Waals surface area contributed by atoms with E-state index in [4.69, 9.17) is 16.3 Å². The first-order valence-corrected chi connectivity index (χ1v) is 6.69. The molecule has 0 aliphatic rings. The van der Waals surface area contributed by atoms with Crippen LogP contribution in [0.1, 0.15) is 10.4 Å². The number of methoxy groups -OCH3 is 1. The van der Waals surface area contributed by atoms with Crippen LogP contribution in [0, 0.1) is 5.82 Å². The molecule has 0 aliphatic heterocycles. The van der Waals surface area contributed by atoms with Crippen molar-refractivity contribution >= 4 is 23.2 Å². The highest BCUT2D eigenvalue weighted by molar-refractivity contribution is 6.31. The Balaban J connectivity index is 2.37. The standard InChI is InChI=1S/C15H11ClF3NO3/c1-22-11-7-2-4-8(13(11)23-15(18)19)14(21)20-10-6-3-5-9(16)12(10)17/h2-7,15H,1H3,(H,20,21). The van der Waals surface area contributed by atoms with Gasteiger partial charge in [0.15, 0.2) is 17.3 Å². The van der Waals surface area contributed by atoms with Crippen LogP contribution >= 0.6 is 11.6 Å². The molecular weight excluding hydrogens is 335 g/mol. The maximum Gasteiger partial charge on any atom is 0.387 e. The number of anilines is 1. The molecule has 8 heteroatoms. The van der Waals surface area contributed by atoms with E-state index in [1.54, 1.807) is 0 Å². The second kappa shape index (κ2) is 7.23. The smallest absolute Gasteiger partial charge is 0.387 e. The zero-order chi connectivity index (χ0) is 17.0. The number of carbonyl (C=O) groups excluding carboxylic acids is 1. The molecule has 0 aromatic heterocycles. The highest BCUT2D eigenvalue weighted by Crippen LogP contribution is 2.33. The quantitative estimate of drug-likeness (QED) is 0.876. The lowest BCUT2D eigenvalue weighted by molar-refractivity contribution is -0.0515. The molecule has 0 aliphatic carbocycles. The third kappa shape index (κ3) is 3.87. The van der Waals surface area contributed by atoms with Gasteiger partial charge in [0.05, 0.1) is 23.4 Å². The van der Waals surface area contributed by atoms with Crippen molar-refractivity contribution < 1.29 is 27.4 Å². The van der Waals surface area contributed by atoms with E-state index in [2.05, 4.69) is 10.1 Å². The summed E-state index contributed by atoms with van der Waals surface area (Å²) < 4.78 is 48.1. The lowest BCUT2D eigenvalue weighted by atomic mass is 10.1. The monoisotopic (exact) mass is 345 g/mol. The van der Waals surface area contributed by atoms with Crippen LogP contribution in [-0.2, 0) is 0 Å². The second-order valence-corrected chi connectivity index (χ2v) is 4.68. The van der Waals surface area contributed by atoms with E-state index in [1.165, 1.54) is 43.5 Å². The molecule has 0 heterocycles. The molecule has 0 unspecified atom stereocenters. The van der Waals surface area contributed by atoms with Crippen molar-refractivity contribution in [2.24, 2.45) is 0 Å². The van der Waals surface area contributed by atoms with Gasteiger partial charge in [-0.25, -0.2) is 4.39 Å². The Hall–Kier alpha value is -2.41. The number of hydrogen-bond donors (Lipinski definition) is 1. The van der Waals surface area contributed by atoms with Gasteiger partial charge in [0.2, 0.25) is 0 Å². The first-order chi connectivity index (χ1) is 10.9. The average molecular weight is 346 g/mol. The number of benzene rings is 2. The average Bonchev–Trinajstić information content (AvgIpc) is 2.51. The van der Waals surface area contributed by atoms with Gasteiger partial charge < -0.3 is 14.8 Å². The molecule has 0 saturated heterocycles. The fourth-order valence-electron chi connectivity index (χ4n) is 1.86. The minimum absolute atomic E-state index is 0.0514. The van der Waals surface area contributed by atoms with E-state index in [1.807, 2.05) is 0 Å². The van der Waals surface area contributed by atoms with Crippen LogP contribution in [0.3, 0.4) is 0 Å². The molecule has 0 saturated carbocycles. The molecule has 0 radical (unpaired) electrons. The normalized spacial score (nSPS) is 10.5. The van der Waals surface area contributed by atoms with Gasteiger partial charge >= 0.3 is 6.61 Å². The predicted molar refractivity (Wildman–Crippen MR) is 79.0 cm³/mol. The summed E-state index contributed by atoms with van der Waals surface area (Å²) in [5.74, 6) is -2.17. The fraction of sp³-hybridized carbons (Fsp3) is 0.133. The number of alkyl halides is 2. The summed E-state index contributed by atoms with van der Waals surface area (Å²) in [7, 11) is 1.24. The Morgan fingerprint density at radius 3 is 2.57 bits per heavy atom. The number of amides is 1. The lowest BCUT2D eigenvalue weighted by Gasteiger charge is -2.14. The molecule has 2 rings (SSSR count). The highest BCUT2D eigenvalue weighted by Gasteiger charge is 2.21. The van der Waals surface area contributed by atoms with Crippen molar-refractivity contribution in [3.8, 4) is 11.5 Å². The van der Waals surface area contributed by atoms with E-state index in [0.717, 1.165) is 0 Å². The molecular formula is C15H11ClF3NO3. The largest absolute Gasteiger partial charge is 0.493 e. The van der Waals surface area contributed by atoms with Gasteiger partial charge in [-0.1, -0.05) is 23.7 Å². The molecule has 4 nitrogen and oxygen atoms in total. The van der Waals surface area contributed by atoms with Gasteiger partial charge in [0.25, 0.3) is 5.91 Å². The molecule has 2 aromatic carbocycles. The van der Waals surface area contributed by atoms with Gasteiger partial charge in [-0.3, -0.25) is 4.79 Å². The lowest BCUT2D eigenvalue weighted by Crippen LogP contribution is -2.16. The van der Waals surface area contributed by atoms with Crippen LogP contribution in [-0.4, -0.2) is 19.6 Å². The minimum Gasteiger partial charge on any atom is -0.493 e. The van der Waals surface area contributed by atoms with Gasteiger partial charge in [-0.2, -0.15) is 8.78 Å². The molecule has 0 atom stereocenters. The van der Waals surface area contributed by atoms with Crippen molar-refractivity contribution in [2.75, 3.05) is 12.4 Å². The zero-order valence-electron chi connectivity index (χ0n) is 11.8. The molecule has 122 valence electrons. The number of para-hydroxylation sites is 1. The number of hydrogen-bond acceptors (Lipinski definition) is 3. The van der Waals surface area contributed by atoms with Crippen molar-refractivity contribution in [3.05, 3.63) is 52.8 Å². The van der Waals surface area contributed by atoms with E-state index < -0.39 is 24.1 Å². The van der Waals surface area contributed by atoms with Crippen molar-refractivity contribution in [1.29, 1.82) is 0 Å². The maximum atomic E-state index is 13.8.